The Bertz CT molecular complexity index is 525. The van der Waals surface area contributed by atoms with Crippen LogP contribution >= 0.6 is 15.9 Å². The molecular formula is C12H12BrFN2O. The quantitative estimate of drug-likeness (QED) is 0.851. The zero-order chi connectivity index (χ0) is 12.4. The molecule has 0 N–H and O–H groups in total. The number of benzene rings is 1. The highest BCUT2D eigenvalue weighted by atomic mass is 79.9. The van der Waals surface area contributed by atoms with Crippen LogP contribution in [0, 0.1) is 5.82 Å². The molecule has 0 radical (unpaired) electrons. The molecule has 90 valence electrons. The Morgan fingerprint density at radius 3 is 2.71 bits per heavy atom. The summed E-state index contributed by atoms with van der Waals surface area (Å²) < 4.78 is 21.4. The van der Waals surface area contributed by atoms with E-state index >= 15 is 0 Å². The molecule has 0 spiro atoms. The lowest BCUT2D eigenvalue weighted by Crippen LogP contribution is -2.02. The van der Waals surface area contributed by atoms with Crippen molar-refractivity contribution in [2.75, 3.05) is 0 Å². The van der Waals surface area contributed by atoms with Gasteiger partial charge in [-0.05, 0) is 41.9 Å². The molecule has 0 atom stereocenters. The van der Waals surface area contributed by atoms with Crippen LogP contribution < -0.4 is 4.74 Å². The first-order chi connectivity index (χ1) is 8.08. The summed E-state index contributed by atoms with van der Waals surface area (Å²) in [5.74, 6) is -0.227. The van der Waals surface area contributed by atoms with Crippen molar-refractivity contribution in [3.8, 4) is 11.8 Å². The first kappa shape index (κ1) is 12.1. The van der Waals surface area contributed by atoms with E-state index in [0.717, 1.165) is 0 Å². The predicted molar refractivity (Wildman–Crippen MR) is 66.8 cm³/mol. The summed E-state index contributed by atoms with van der Waals surface area (Å²) in [7, 11) is 0. The third kappa shape index (κ3) is 2.66. The van der Waals surface area contributed by atoms with Gasteiger partial charge in [-0.3, -0.25) is 4.57 Å². The number of aromatic nitrogens is 2. The number of imidazole rings is 1. The van der Waals surface area contributed by atoms with Crippen molar-refractivity contribution in [2.24, 2.45) is 0 Å². The molecule has 0 aliphatic carbocycles. The van der Waals surface area contributed by atoms with E-state index in [-0.39, 0.29) is 11.8 Å². The molecule has 0 aliphatic rings. The average molecular weight is 299 g/mol. The number of hydrogen-bond donors (Lipinski definition) is 0. The highest BCUT2D eigenvalue weighted by Gasteiger charge is 2.13. The second-order valence-corrected chi connectivity index (χ2v) is 4.69. The molecule has 3 nitrogen and oxygen atoms in total. The summed E-state index contributed by atoms with van der Waals surface area (Å²) in [6.07, 6.45) is 1.81. The van der Waals surface area contributed by atoms with Gasteiger partial charge in [-0.25, -0.2) is 4.39 Å². The van der Waals surface area contributed by atoms with E-state index in [1.54, 1.807) is 24.4 Å². The van der Waals surface area contributed by atoms with Crippen molar-refractivity contribution < 1.29 is 9.13 Å². The van der Waals surface area contributed by atoms with Gasteiger partial charge in [0.2, 0.25) is 0 Å². The monoisotopic (exact) mass is 298 g/mol. The van der Waals surface area contributed by atoms with Crippen LogP contribution in [-0.4, -0.2) is 9.55 Å². The van der Waals surface area contributed by atoms with Crippen LogP contribution in [0.1, 0.15) is 19.9 Å². The number of nitrogens with zero attached hydrogens (tertiary/aromatic N) is 2. The van der Waals surface area contributed by atoms with Crippen molar-refractivity contribution in [1.82, 2.24) is 9.55 Å². The number of hydrogen-bond acceptors (Lipinski definition) is 2. The first-order valence-corrected chi connectivity index (χ1v) is 6.04. The Balaban J connectivity index is 2.33. The van der Waals surface area contributed by atoms with Crippen LogP contribution in [-0.2, 0) is 0 Å². The lowest BCUT2D eigenvalue weighted by molar-refractivity contribution is 0.375. The minimum absolute atomic E-state index is 0.174. The summed E-state index contributed by atoms with van der Waals surface area (Å²) in [6.45, 7) is 4.00. The van der Waals surface area contributed by atoms with E-state index in [1.165, 1.54) is 6.07 Å². The second-order valence-electron chi connectivity index (χ2n) is 3.88. The number of ether oxygens (including phenoxy) is 1. The van der Waals surface area contributed by atoms with E-state index < -0.39 is 5.82 Å². The average Bonchev–Trinajstić information content (AvgIpc) is 2.63. The minimum Gasteiger partial charge on any atom is -0.422 e. The lowest BCUT2D eigenvalue weighted by atomic mass is 10.3. The topological polar surface area (TPSA) is 27.1 Å². The Hall–Kier alpha value is -1.36. The molecule has 1 heterocycles. The molecule has 17 heavy (non-hydrogen) atoms. The van der Waals surface area contributed by atoms with Crippen LogP contribution in [0.5, 0.6) is 11.8 Å². The third-order valence-electron chi connectivity index (χ3n) is 2.26. The van der Waals surface area contributed by atoms with E-state index in [1.807, 2.05) is 18.4 Å². The van der Waals surface area contributed by atoms with Crippen molar-refractivity contribution >= 4 is 15.9 Å². The molecule has 0 amide bonds. The Kier molecular flexibility index (Phi) is 3.47. The summed E-state index contributed by atoms with van der Waals surface area (Å²) >= 11 is 3.28. The standard InChI is InChI=1S/C12H12BrFN2O/c1-8(2)16-7-11(13)15-12(16)17-10-6-4-3-5-9(10)14/h3-8H,1-2H3. The Morgan fingerprint density at radius 2 is 2.06 bits per heavy atom. The van der Waals surface area contributed by atoms with Gasteiger partial charge in [0, 0.05) is 12.2 Å². The van der Waals surface area contributed by atoms with Crippen LogP contribution in [0.2, 0.25) is 0 Å². The summed E-state index contributed by atoms with van der Waals surface area (Å²) in [6, 6.07) is 6.83. The number of halogens is 2. The van der Waals surface area contributed by atoms with Gasteiger partial charge in [0.25, 0.3) is 0 Å². The van der Waals surface area contributed by atoms with Crippen molar-refractivity contribution in [3.63, 3.8) is 0 Å². The largest absolute Gasteiger partial charge is 0.422 e. The van der Waals surface area contributed by atoms with Crippen molar-refractivity contribution in [3.05, 3.63) is 40.9 Å². The van der Waals surface area contributed by atoms with Crippen LogP contribution in [0.25, 0.3) is 0 Å². The zero-order valence-corrected chi connectivity index (χ0v) is 11.1. The molecule has 2 rings (SSSR count). The molecule has 5 heteroatoms. The third-order valence-corrected chi connectivity index (χ3v) is 2.65. The van der Waals surface area contributed by atoms with E-state index in [4.69, 9.17) is 4.74 Å². The molecule has 0 saturated carbocycles. The van der Waals surface area contributed by atoms with Gasteiger partial charge < -0.3 is 4.74 Å². The number of para-hydroxylation sites is 1. The highest BCUT2D eigenvalue weighted by molar-refractivity contribution is 9.10. The van der Waals surface area contributed by atoms with E-state index in [0.29, 0.717) is 10.6 Å². The van der Waals surface area contributed by atoms with Gasteiger partial charge in [0.1, 0.15) is 4.60 Å². The van der Waals surface area contributed by atoms with Crippen LogP contribution in [0.4, 0.5) is 4.39 Å². The van der Waals surface area contributed by atoms with E-state index in [2.05, 4.69) is 20.9 Å². The van der Waals surface area contributed by atoms with Gasteiger partial charge in [-0.1, -0.05) is 12.1 Å². The predicted octanol–water partition coefficient (Wildman–Crippen LogP) is 4.16. The number of rotatable bonds is 3. The van der Waals surface area contributed by atoms with Gasteiger partial charge in [-0.15, -0.1) is 0 Å². The molecule has 0 unspecified atom stereocenters. The van der Waals surface area contributed by atoms with Gasteiger partial charge >= 0.3 is 6.01 Å². The summed E-state index contributed by atoms with van der Waals surface area (Å²) in [4.78, 5) is 4.16. The molecule has 2 aromatic rings. The van der Waals surface area contributed by atoms with Crippen LogP contribution in [0.3, 0.4) is 0 Å². The Labute approximate surface area is 107 Å². The first-order valence-electron chi connectivity index (χ1n) is 5.24. The van der Waals surface area contributed by atoms with Crippen molar-refractivity contribution in [1.29, 1.82) is 0 Å². The Morgan fingerprint density at radius 1 is 1.35 bits per heavy atom. The zero-order valence-electron chi connectivity index (χ0n) is 9.52. The fourth-order valence-electron chi connectivity index (χ4n) is 1.42. The van der Waals surface area contributed by atoms with Gasteiger partial charge in [-0.2, -0.15) is 4.98 Å². The highest BCUT2D eigenvalue weighted by Crippen LogP contribution is 2.27. The maximum atomic E-state index is 13.4. The second kappa shape index (κ2) is 4.87. The smallest absolute Gasteiger partial charge is 0.303 e. The molecule has 0 saturated heterocycles. The SMILES string of the molecule is CC(C)n1cc(Br)nc1Oc1ccccc1F. The van der Waals surface area contributed by atoms with Gasteiger partial charge in [0.15, 0.2) is 11.6 Å². The maximum absolute atomic E-state index is 13.4. The fourth-order valence-corrected chi connectivity index (χ4v) is 1.79. The minimum atomic E-state index is -0.401. The molecule has 1 aromatic carbocycles. The fraction of sp³-hybridized carbons (Fsp3) is 0.250. The van der Waals surface area contributed by atoms with Crippen molar-refractivity contribution in [2.45, 2.75) is 19.9 Å². The molecular weight excluding hydrogens is 287 g/mol. The van der Waals surface area contributed by atoms with Crippen LogP contribution in [0.15, 0.2) is 35.1 Å². The van der Waals surface area contributed by atoms with E-state index in [9.17, 15) is 4.39 Å². The lowest BCUT2D eigenvalue weighted by Gasteiger charge is -2.11. The summed E-state index contributed by atoms with van der Waals surface area (Å²) in [5.41, 5.74) is 0. The maximum Gasteiger partial charge on any atom is 0.303 e. The normalized spacial score (nSPS) is 10.9. The van der Waals surface area contributed by atoms with Gasteiger partial charge in [0.05, 0.1) is 0 Å². The molecule has 1 aromatic heterocycles. The molecule has 0 aliphatic heterocycles. The molecule has 0 fully saturated rings. The molecule has 0 bridgehead atoms. The summed E-state index contributed by atoms with van der Waals surface area (Å²) in [5, 5.41) is 0.